The Labute approximate surface area is 233 Å². The third kappa shape index (κ3) is 3.78. The summed E-state index contributed by atoms with van der Waals surface area (Å²) in [6.07, 6.45) is -2.87. The number of fused-ring (bicyclic) bond motifs is 5. The van der Waals surface area contributed by atoms with Crippen molar-refractivity contribution in [2.75, 3.05) is 6.61 Å². The van der Waals surface area contributed by atoms with Crippen LogP contribution in [0.15, 0.2) is 11.6 Å². The molecule has 14 atom stereocenters. The predicted octanol–water partition coefficient (Wildman–Crippen LogP) is -0.279. The van der Waals surface area contributed by atoms with Crippen LogP contribution in [0.2, 0.25) is 0 Å². The summed E-state index contributed by atoms with van der Waals surface area (Å²) >= 11 is 0. The number of aliphatic hydroxyl groups excluding tert-OH is 4. The topological polar surface area (TPSA) is 183 Å². The summed E-state index contributed by atoms with van der Waals surface area (Å²) in [6.45, 7) is 3.72. The molecule has 2 heterocycles. The lowest BCUT2D eigenvalue weighted by Crippen LogP contribution is -2.72. The molecule has 11 heteroatoms. The SMILES string of the molecule is C[C@@H]1O[C@@H](O[C@@H]2CC[C@]3(C=O)[C@H]4[C@H](O)C[C@]5(C)[C@H](C6=CC(=O)OC6)CC[C@]5(O)[C@@H]4CC[C@]3(O)C2)[C@@H](O)[C@@H](O)[C@@H]1O. The van der Waals surface area contributed by atoms with Gasteiger partial charge in [-0.3, -0.25) is 0 Å². The standard InChI is InChI=1S/C29H42O11/c1-14-22(33)23(34)24(35)25(39-14)40-16-3-6-27(13-30)21-18(4-7-28(27,36)10-16)29(37)8-5-17(15-9-20(32)38-12-15)26(29,2)11-19(21)31/h9,13-14,16-19,21-25,31,33-37H,3-8,10-12H2,1-2H3/t14-,16+,17-,18+,19+,21+,22+,23-,24-,25-,26+,27-,28-,29-/m0/s1. The highest BCUT2D eigenvalue weighted by atomic mass is 16.7. The number of carbonyl (C=O) groups excluding carboxylic acids is 2. The molecule has 6 rings (SSSR count). The van der Waals surface area contributed by atoms with Crippen molar-refractivity contribution in [3.8, 4) is 0 Å². The molecule has 0 unspecified atom stereocenters. The van der Waals surface area contributed by atoms with Crippen LogP contribution in [0.5, 0.6) is 0 Å². The van der Waals surface area contributed by atoms with Crippen LogP contribution < -0.4 is 0 Å². The summed E-state index contributed by atoms with van der Waals surface area (Å²) in [6, 6.07) is 0. The highest BCUT2D eigenvalue weighted by molar-refractivity contribution is 5.85. The molecule has 11 nitrogen and oxygen atoms in total. The molecule has 6 aliphatic rings. The molecule has 224 valence electrons. The fourth-order valence-electron chi connectivity index (χ4n) is 9.82. The number of hydrogen-bond donors (Lipinski definition) is 6. The van der Waals surface area contributed by atoms with Gasteiger partial charge in [-0.2, -0.15) is 0 Å². The molecule has 0 aromatic carbocycles. The van der Waals surface area contributed by atoms with Gasteiger partial charge in [-0.15, -0.1) is 0 Å². The van der Waals surface area contributed by atoms with Crippen LogP contribution in [0, 0.1) is 28.6 Å². The lowest BCUT2D eigenvalue weighted by Gasteiger charge is -2.66. The Balaban J connectivity index is 1.25. The Morgan fingerprint density at radius 2 is 1.75 bits per heavy atom. The molecule has 4 aliphatic carbocycles. The lowest BCUT2D eigenvalue weighted by molar-refractivity contribution is -0.320. The second-order valence-electron chi connectivity index (χ2n) is 13.6. The van der Waals surface area contributed by atoms with Crippen molar-refractivity contribution in [2.45, 2.75) is 119 Å². The van der Waals surface area contributed by atoms with Crippen LogP contribution in [0.25, 0.3) is 0 Å². The van der Waals surface area contributed by atoms with Gasteiger partial charge in [-0.25, -0.2) is 4.79 Å². The lowest BCUT2D eigenvalue weighted by atomic mass is 9.41. The van der Waals surface area contributed by atoms with E-state index < -0.39 is 82.8 Å². The number of carbonyl (C=O) groups is 2. The van der Waals surface area contributed by atoms with Gasteiger partial charge in [0.15, 0.2) is 6.29 Å². The van der Waals surface area contributed by atoms with Crippen molar-refractivity contribution in [1.29, 1.82) is 0 Å². The van der Waals surface area contributed by atoms with Crippen molar-refractivity contribution >= 4 is 12.3 Å². The van der Waals surface area contributed by atoms with E-state index in [0.717, 1.165) is 11.9 Å². The molecular weight excluding hydrogens is 524 g/mol. The fraction of sp³-hybridized carbons (Fsp3) is 0.862. The van der Waals surface area contributed by atoms with Crippen molar-refractivity contribution in [2.24, 2.45) is 28.6 Å². The normalized spacial score (nSPS) is 56.0. The number of esters is 1. The number of rotatable bonds is 4. The number of aldehydes is 1. The zero-order valence-corrected chi connectivity index (χ0v) is 23.0. The fourth-order valence-corrected chi connectivity index (χ4v) is 9.82. The number of ether oxygens (including phenoxy) is 3. The van der Waals surface area contributed by atoms with Crippen molar-refractivity contribution < 1.29 is 54.4 Å². The van der Waals surface area contributed by atoms with Gasteiger partial charge in [0.05, 0.1) is 34.9 Å². The molecule has 0 radical (unpaired) electrons. The second kappa shape index (κ2) is 9.54. The minimum absolute atomic E-state index is 0.0615. The molecule has 1 saturated heterocycles. The summed E-state index contributed by atoms with van der Waals surface area (Å²) in [4.78, 5) is 24.8. The van der Waals surface area contributed by atoms with Crippen LogP contribution in [0.3, 0.4) is 0 Å². The average molecular weight is 567 g/mol. The summed E-state index contributed by atoms with van der Waals surface area (Å²) in [5.41, 5.74) is -3.89. The molecule has 0 aromatic rings. The quantitative estimate of drug-likeness (QED) is 0.149. The number of aliphatic hydroxyl groups is 6. The van der Waals surface area contributed by atoms with E-state index in [1.165, 1.54) is 6.08 Å². The predicted molar refractivity (Wildman–Crippen MR) is 136 cm³/mol. The van der Waals surface area contributed by atoms with E-state index in [0.29, 0.717) is 25.7 Å². The molecule has 0 bridgehead atoms. The first-order chi connectivity index (χ1) is 18.8. The Morgan fingerprint density at radius 3 is 2.42 bits per heavy atom. The summed E-state index contributed by atoms with van der Waals surface area (Å²) < 4.78 is 16.8. The Kier molecular flexibility index (Phi) is 6.83. The van der Waals surface area contributed by atoms with E-state index in [2.05, 4.69) is 0 Å². The molecule has 0 spiro atoms. The maximum absolute atomic E-state index is 13.0. The number of cyclic esters (lactones) is 1. The Morgan fingerprint density at radius 1 is 1.00 bits per heavy atom. The Hall–Kier alpha value is -1.44. The molecule has 4 saturated carbocycles. The van der Waals surface area contributed by atoms with Gasteiger partial charge in [0.1, 0.15) is 31.2 Å². The molecule has 40 heavy (non-hydrogen) atoms. The van der Waals surface area contributed by atoms with E-state index in [1.807, 2.05) is 6.92 Å². The van der Waals surface area contributed by atoms with Gasteiger partial charge in [0, 0.05) is 23.8 Å². The monoisotopic (exact) mass is 566 g/mol. The highest BCUT2D eigenvalue weighted by Crippen LogP contribution is 2.70. The van der Waals surface area contributed by atoms with E-state index >= 15 is 0 Å². The summed E-state index contributed by atoms with van der Waals surface area (Å²) in [5.74, 6) is -1.61. The zero-order valence-electron chi connectivity index (χ0n) is 23.0. The van der Waals surface area contributed by atoms with E-state index in [1.54, 1.807) is 6.92 Å². The zero-order chi connectivity index (χ0) is 28.8. The van der Waals surface area contributed by atoms with Crippen LogP contribution >= 0.6 is 0 Å². The average Bonchev–Trinajstić information content (AvgIpc) is 3.45. The van der Waals surface area contributed by atoms with Gasteiger partial charge < -0.3 is 49.6 Å². The first-order valence-corrected chi connectivity index (χ1v) is 14.6. The van der Waals surface area contributed by atoms with Crippen LogP contribution in [0.4, 0.5) is 0 Å². The van der Waals surface area contributed by atoms with E-state index in [-0.39, 0.29) is 38.2 Å². The number of hydrogen-bond acceptors (Lipinski definition) is 11. The minimum Gasteiger partial charge on any atom is -0.458 e. The maximum atomic E-state index is 13.0. The third-order valence-corrected chi connectivity index (χ3v) is 11.9. The Bertz CT molecular complexity index is 1080. The maximum Gasteiger partial charge on any atom is 0.331 e. The van der Waals surface area contributed by atoms with Crippen LogP contribution in [-0.4, -0.2) is 104 Å². The minimum atomic E-state index is -1.51. The molecule has 2 aliphatic heterocycles. The molecule has 5 fully saturated rings. The third-order valence-electron chi connectivity index (χ3n) is 11.9. The van der Waals surface area contributed by atoms with Gasteiger partial charge in [-0.1, -0.05) is 6.92 Å². The molecular formula is C29H42O11. The smallest absolute Gasteiger partial charge is 0.331 e. The van der Waals surface area contributed by atoms with Gasteiger partial charge in [0.25, 0.3) is 0 Å². The first-order valence-electron chi connectivity index (χ1n) is 14.6. The van der Waals surface area contributed by atoms with Crippen molar-refractivity contribution in [1.82, 2.24) is 0 Å². The van der Waals surface area contributed by atoms with Crippen molar-refractivity contribution in [3.63, 3.8) is 0 Å². The van der Waals surface area contributed by atoms with Gasteiger partial charge in [-0.05, 0) is 69.3 Å². The van der Waals surface area contributed by atoms with E-state index in [4.69, 9.17) is 14.2 Å². The molecule has 0 amide bonds. The molecule has 6 N–H and O–H groups in total. The van der Waals surface area contributed by atoms with Crippen molar-refractivity contribution in [3.05, 3.63) is 11.6 Å². The van der Waals surface area contributed by atoms with Gasteiger partial charge >= 0.3 is 5.97 Å². The highest BCUT2D eigenvalue weighted by Gasteiger charge is 2.73. The molecule has 0 aromatic heterocycles. The van der Waals surface area contributed by atoms with Gasteiger partial charge in [0.2, 0.25) is 0 Å². The van der Waals surface area contributed by atoms with Crippen LogP contribution in [-0.2, 0) is 23.8 Å². The van der Waals surface area contributed by atoms with E-state index in [9.17, 15) is 40.2 Å². The van der Waals surface area contributed by atoms with Crippen LogP contribution in [0.1, 0.15) is 65.2 Å². The second-order valence-corrected chi connectivity index (χ2v) is 13.6. The first kappa shape index (κ1) is 28.7. The largest absolute Gasteiger partial charge is 0.458 e. The summed E-state index contributed by atoms with van der Waals surface area (Å²) in [7, 11) is 0. The summed E-state index contributed by atoms with van der Waals surface area (Å²) in [5, 5.41) is 66.7.